The molecule has 0 amide bonds. The van der Waals surface area contributed by atoms with Crippen molar-refractivity contribution >= 4 is 21.4 Å². The van der Waals surface area contributed by atoms with Gasteiger partial charge in [0.05, 0.1) is 11.5 Å². The first-order chi connectivity index (χ1) is 9.79. The van der Waals surface area contributed by atoms with E-state index < -0.39 is 25.5 Å². The predicted octanol–water partition coefficient (Wildman–Crippen LogP) is 1.56. The molecular formula is C12H13N3O5S. The van der Waals surface area contributed by atoms with Crippen LogP contribution in [0.1, 0.15) is 11.5 Å². The molecule has 1 heterocycles. The van der Waals surface area contributed by atoms with E-state index in [1.54, 1.807) is 19.1 Å². The number of sulfonamides is 1. The summed E-state index contributed by atoms with van der Waals surface area (Å²) in [5, 5.41) is 10.9. The first-order valence-corrected chi connectivity index (χ1v) is 7.37. The molecule has 8 nitrogen and oxygen atoms in total. The monoisotopic (exact) mass is 311 g/mol. The Bertz CT molecular complexity index is 782. The lowest BCUT2D eigenvalue weighted by Gasteiger charge is -2.06. The van der Waals surface area contributed by atoms with Crippen molar-refractivity contribution in [3.05, 3.63) is 52.0 Å². The standard InChI is InChI=1S/C12H13N3O5S/c1-8-2-4-10(20-8)7-14-21(18,19)12-5-3-9(13)6-11(12)15(16)17/h2-6,14H,7,13H2,1H3. The third-order valence-corrected chi connectivity index (χ3v) is 4.15. The van der Waals surface area contributed by atoms with Gasteiger partial charge >= 0.3 is 0 Å². The summed E-state index contributed by atoms with van der Waals surface area (Å²) in [4.78, 5) is 9.71. The molecule has 0 unspecified atom stereocenters. The molecule has 0 saturated carbocycles. The van der Waals surface area contributed by atoms with Crippen molar-refractivity contribution in [2.75, 3.05) is 5.73 Å². The Morgan fingerprint density at radius 3 is 2.62 bits per heavy atom. The average Bonchev–Trinajstić information content (AvgIpc) is 2.82. The summed E-state index contributed by atoms with van der Waals surface area (Å²) in [6.45, 7) is 1.63. The van der Waals surface area contributed by atoms with E-state index in [1.165, 1.54) is 6.07 Å². The van der Waals surface area contributed by atoms with Crippen LogP contribution in [0.25, 0.3) is 0 Å². The summed E-state index contributed by atoms with van der Waals surface area (Å²) < 4.78 is 31.8. The third-order valence-electron chi connectivity index (χ3n) is 2.70. The maximum atomic E-state index is 12.2. The quantitative estimate of drug-likeness (QED) is 0.490. The first-order valence-electron chi connectivity index (χ1n) is 5.88. The number of nitrogens with one attached hydrogen (secondary N) is 1. The fraction of sp³-hybridized carbons (Fsp3) is 0.167. The number of aryl methyl sites for hydroxylation is 1. The number of benzene rings is 1. The van der Waals surface area contributed by atoms with Crippen molar-refractivity contribution in [1.29, 1.82) is 0 Å². The molecule has 2 rings (SSSR count). The van der Waals surface area contributed by atoms with Gasteiger partial charge in [0.15, 0.2) is 4.90 Å². The van der Waals surface area contributed by atoms with Crippen molar-refractivity contribution in [2.45, 2.75) is 18.4 Å². The second-order valence-electron chi connectivity index (χ2n) is 4.32. The van der Waals surface area contributed by atoms with Crippen LogP contribution in [0, 0.1) is 17.0 Å². The van der Waals surface area contributed by atoms with Crippen LogP contribution in [0.5, 0.6) is 0 Å². The Balaban J connectivity index is 2.29. The molecule has 0 bridgehead atoms. The van der Waals surface area contributed by atoms with Gasteiger partial charge in [0.25, 0.3) is 5.69 Å². The summed E-state index contributed by atoms with van der Waals surface area (Å²) in [6.07, 6.45) is 0. The number of nitrogens with zero attached hydrogens (tertiary/aromatic N) is 1. The molecule has 0 spiro atoms. The molecule has 3 N–H and O–H groups in total. The molecule has 2 aromatic rings. The lowest BCUT2D eigenvalue weighted by Crippen LogP contribution is -2.24. The van der Waals surface area contributed by atoms with Crippen molar-refractivity contribution < 1.29 is 17.8 Å². The Labute approximate surface area is 120 Å². The fourth-order valence-corrected chi connectivity index (χ4v) is 2.87. The van der Waals surface area contributed by atoms with Gasteiger partial charge in [-0.3, -0.25) is 10.1 Å². The SMILES string of the molecule is Cc1ccc(CNS(=O)(=O)c2ccc(N)cc2[N+](=O)[O-])o1. The van der Waals surface area contributed by atoms with Crippen LogP contribution in [-0.2, 0) is 16.6 Å². The van der Waals surface area contributed by atoms with Gasteiger partial charge < -0.3 is 10.2 Å². The minimum atomic E-state index is -4.05. The molecule has 0 aliphatic heterocycles. The van der Waals surface area contributed by atoms with Crippen LogP contribution in [0.3, 0.4) is 0 Å². The van der Waals surface area contributed by atoms with Crippen molar-refractivity contribution in [3.8, 4) is 0 Å². The normalized spacial score (nSPS) is 11.5. The number of nitrogens with two attached hydrogens (primary N) is 1. The number of nitro groups is 1. The summed E-state index contributed by atoms with van der Waals surface area (Å²) in [5.41, 5.74) is 4.98. The molecule has 0 aliphatic rings. The van der Waals surface area contributed by atoms with E-state index in [0.717, 1.165) is 12.1 Å². The molecule has 0 saturated heterocycles. The zero-order chi connectivity index (χ0) is 15.6. The highest BCUT2D eigenvalue weighted by Gasteiger charge is 2.25. The van der Waals surface area contributed by atoms with E-state index in [-0.39, 0.29) is 12.2 Å². The Kier molecular flexibility index (Phi) is 3.96. The molecule has 21 heavy (non-hydrogen) atoms. The van der Waals surface area contributed by atoms with Crippen LogP contribution in [0.15, 0.2) is 39.6 Å². The minimum Gasteiger partial charge on any atom is -0.465 e. The highest BCUT2D eigenvalue weighted by molar-refractivity contribution is 7.89. The molecule has 0 aliphatic carbocycles. The largest absolute Gasteiger partial charge is 0.465 e. The first kappa shape index (κ1) is 15.0. The summed E-state index contributed by atoms with van der Waals surface area (Å²) in [6, 6.07) is 6.71. The number of furan rings is 1. The Hall–Kier alpha value is -2.39. The van der Waals surface area contributed by atoms with E-state index in [9.17, 15) is 18.5 Å². The fourth-order valence-electron chi connectivity index (χ4n) is 1.73. The van der Waals surface area contributed by atoms with Gasteiger partial charge in [-0.25, -0.2) is 13.1 Å². The molecule has 112 valence electrons. The Morgan fingerprint density at radius 1 is 1.33 bits per heavy atom. The van der Waals surface area contributed by atoms with Gasteiger partial charge in [-0.05, 0) is 31.2 Å². The zero-order valence-corrected chi connectivity index (χ0v) is 11.9. The second-order valence-corrected chi connectivity index (χ2v) is 6.06. The summed E-state index contributed by atoms with van der Waals surface area (Å²) in [7, 11) is -4.05. The van der Waals surface area contributed by atoms with Crippen LogP contribution >= 0.6 is 0 Å². The average molecular weight is 311 g/mol. The van der Waals surface area contributed by atoms with E-state index in [0.29, 0.717) is 11.5 Å². The number of anilines is 1. The third kappa shape index (κ3) is 3.38. The Morgan fingerprint density at radius 2 is 2.05 bits per heavy atom. The van der Waals surface area contributed by atoms with Gasteiger partial charge in [-0.1, -0.05) is 0 Å². The highest BCUT2D eigenvalue weighted by Crippen LogP contribution is 2.26. The zero-order valence-electron chi connectivity index (χ0n) is 11.1. The van der Waals surface area contributed by atoms with Gasteiger partial charge in [-0.2, -0.15) is 0 Å². The highest BCUT2D eigenvalue weighted by atomic mass is 32.2. The van der Waals surface area contributed by atoms with Crippen LogP contribution < -0.4 is 10.5 Å². The number of nitrogen functional groups attached to an aromatic ring is 1. The second kappa shape index (κ2) is 5.54. The molecule has 1 aromatic carbocycles. The van der Waals surface area contributed by atoms with Gasteiger partial charge in [0, 0.05) is 11.8 Å². The molecular weight excluding hydrogens is 298 g/mol. The van der Waals surface area contributed by atoms with E-state index in [4.69, 9.17) is 10.2 Å². The molecule has 0 atom stereocenters. The van der Waals surface area contributed by atoms with Crippen molar-refractivity contribution in [3.63, 3.8) is 0 Å². The number of hydrogen-bond acceptors (Lipinski definition) is 6. The predicted molar refractivity (Wildman–Crippen MR) is 75.0 cm³/mol. The lowest BCUT2D eigenvalue weighted by molar-refractivity contribution is -0.387. The van der Waals surface area contributed by atoms with E-state index in [1.807, 2.05) is 0 Å². The smallest absolute Gasteiger partial charge is 0.291 e. The molecule has 1 aromatic heterocycles. The van der Waals surface area contributed by atoms with Gasteiger partial charge in [0.2, 0.25) is 10.0 Å². The maximum Gasteiger partial charge on any atom is 0.291 e. The van der Waals surface area contributed by atoms with Gasteiger partial charge in [-0.15, -0.1) is 0 Å². The minimum absolute atomic E-state index is 0.0995. The van der Waals surface area contributed by atoms with Gasteiger partial charge in [0.1, 0.15) is 11.5 Å². The summed E-state index contributed by atoms with van der Waals surface area (Å²) in [5.74, 6) is 1.05. The number of rotatable bonds is 5. The topological polar surface area (TPSA) is 128 Å². The lowest BCUT2D eigenvalue weighted by atomic mass is 10.3. The summed E-state index contributed by atoms with van der Waals surface area (Å²) >= 11 is 0. The maximum absolute atomic E-state index is 12.2. The van der Waals surface area contributed by atoms with E-state index in [2.05, 4.69) is 4.72 Å². The number of hydrogen-bond donors (Lipinski definition) is 2. The molecule has 0 fully saturated rings. The van der Waals surface area contributed by atoms with Crippen LogP contribution in [0.4, 0.5) is 11.4 Å². The van der Waals surface area contributed by atoms with Crippen LogP contribution in [-0.4, -0.2) is 13.3 Å². The van der Waals surface area contributed by atoms with Crippen molar-refractivity contribution in [1.82, 2.24) is 4.72 Å². The molecule has 9 heteroatoms. The molecule has 0 radical (unpaired) electrons. The van der Waals surface area contributed by atoms with E-state index >= 15 is 0 Å². The van der Waals surface area contributed by atoms with Crippen molar-refractivity contribution in [2.24, 2.45) is 0 Å². The number of nitro benzene ring substituents is 1. The van der Waals surface area contributed by atoms with Crippen LogP contribution in [0.2, 0.25) is 0 Å².